The van der Waals surface area contributed by atoms with Crippen LogP contribution in [0.4, 0.5) is 4.39 Å². The molecule has 0 aromatic carbocycles. The van der Waals surface area contributed by atoms with Gasteiger partial charge in [0.2, 0.25) is 5.95 Å². The lowest BCUT2D eigenvalue weighted by Crippen LogP contribution is -2.32. The molecule has 0 spiro atoms. The first-order valence-electron chi connectivity index (χ1n) is 5.51. The molecule has 0 amide bonds. The van der Waals surface area contributed by atoms with Gasteiger partial charge in [-0.25, -0.2) is 4.98 Å². The van der Waals surface area contributed by atoms with Crippen LogP contribution in [-0.4, -0.2) is 21.6 Å². The van der Waals surface area contributed by atoms with Crippen molar-refractivity contribution in [2.24, 2.45) is 10.9 Å². The number of fused-ring (bicyclic) bond motifs is 1. The minimum absolute atomic E-state index is 0.0445. The Labute approximate surface area is 116 Å². The summed E-state index contributed by atoms with van der Waals surface area (Å²) in [5.41, 5.74) is 1.41. The maximum Gasteiger partial charge on any atom is 0.218 e. The van der Waals surface area contributed by atoms with Gasteiger partial charge in [0.25, 0.3) is 0 Å². The second-order valence-electron chi connectivity index (χ2n) is 4.82. The lowest BCUT2D eigenvalue weighted by Gasteiger charge is -2.30. The number of rotatable bonds is 2. The molecule has 1 aromatic rings. The number of aldehydes is 1. The molecule has 1 fully saturated rings. The average Bonchev–Trinajstić information content (AvgIpc) is 3.09. The van der Waals surface area contributed by atoms with E-state index in [0.717, 1.165) is 12.7 Å². The van der Waals surface area contributed by atoms with Crippen LogP contribution in [0.1, 0.15) is 18.9 Å². The predicted octanol–water partition coefficient (Wildman–Crippen LogP) is 2.93. The minimum atomic E-state index is -0.701. The standard InChI is InChI=1S/C12H10BrFN2OS/c1-11(8-2-7(13)4-15-10(8)14)9-3-12(9,5-17)18-6-16-11/h2,4-6,9H,3H2,1H3/t9-,11+,12+/m0/s1. The molecule has 0 unspecified atom stereocenters. The van der Waals surface area contributed by atoms with E-state index < -0.39 is 16.2 Å². The Bertz CT molecular complexity index is 567. The van der Waals surface area contributed by atoms with Crippen LogP contribution in [0.15, 0.2) is 21.7 Å². The van der Waals surface area contributed by atoms with E-state index in [-0.39, 0.29) is 5.92 Å². The Morgan fingerprint density at radius 3 is 3.17 bits per heavy atom. The molecule has 1 aliphatic heterocycles. The quantitative estimate of drug-likeness (QED) is 0.619. The zero-order chi connectivity index (χ0) is 13.0. The molecular weight excluding hydrogens is 319 g/mol. The van der Waals surface area contributed by atoms with E-state index in [9.17, 15) is 9.18 Å². The number of aromatic nitrogens is 1. The Hall–Kier alpha value is -0.750. The summed E-state index contributed by atoms with van der Waals surface area (Å²) in [5.74, 6) is -0.473. The molecular formula is C12H10BrFN2OS. The molecule has 0 saturated heterocycles. The second-order valence-corrected chi connectivity index (χ2v) is 6.94. The average molecular weight is 329 g/mol. The fourth-order valence-corrected chi connectivity index (χ4v) is 4.09. The molecule has 1 aliphatic carbocycles. The lowest BCUT2D eigenvalue weighted by atomic mass is 9.87. The van der Waals surface area contributed by atoms with Crippen molar-refractivity contribution in [3.8, 4) is 0 Å². The van der Waals surface area contributed by atoms with Gasteiger partial charge in [-0.05, 0) is 35.3 Å². The maximum absolute atomic E-state index is 13.9. The van der Waals surface area contributed by atoms with Crippen LogP contribution in [0.2, 0.25) is 0 Å². The van der Waals surface area contributed by atoms with Gasteiger partial charge in [0.05, 0.1) is 15.8 Å². The number of carbonyl (C=O) groups excluding carboxylic acids is 1. The van der Waals surface area contributed by atoms with Gasteiger partial charge in [-0.15, -0.1) is 0 Å². The summed E-state index contributed by atoms with van der Waals surface area (Å²) in [4.78, 5) is 19.3. The number of thioether (sulfide) groups is 1. The molecule has 3 nitrogen and oxygen atoms in total. The first-order chi connectivity index (χ1) is 8.52. The Morgan fingerprint density at radius 1 is 1.67 bits per heavy atom. The number of pyridine rings is 1. The minimum Gasteiger partial charge on any atom is -0.302 e. The van der Waals surface area contributed by atoms with Crippen molar-refractivity contribution < 1.29 is 9.18 Å². The molecule has 2 aliphatic rings. The monoisotopic (exact) mass is 328 g/mol. The van der Waals surface area contributed by atoms with Crippen molar-refractivity contribution in [1.29, 1.82) is 0 Å². The van der Waals surface area contributed by atoms with Crippen molar-refractivity contribution in [1.82, 2.24) is 4.98 Å². The van der Waals surface area contributed by atoms with Gasteiger partial charge in [0, 0.05) is 22.2 Å². The summed E-state index contributed by atoms with van der Waals surface area (Å²) in [6, 6.07) is 1.70. The molecule has 3 rings (SSSR count). The van der Waals surface area contributed by atoms with Crippen LogP contribution in [0.5, 0.6) is 0 Å². The van der Waals surface area contributed by atoms with E-state index in [2.05, 4.69) is 25.9 Å². The van der Waals surface area contributed by atoms with Crippen LogP contribution >= 0.6 is 27.7 Å². The Kier molecular flexibility index (Phi) is 2.64. The summed E-state index contributed by atoms with van der Waals surface area (Å²) < 4.78 is 14.2. The highest BCUT2D eigenvalue weighted by Crippen LogP contribution is 2.63. The Balaban J connectivity index is 2.11. The summed E-state index contributed by atoms with van der Waals surface area (Å²) in [6.45, 7) is 1.87. The molecule has 1 saturated carbocycles. The third-order valence-corrected chi connectivity index (χ3v) is 5.41. The summed E-state index contributed by atoms with van der Waals surface area (Å²) in [6.07, 6.45) is 3.13. The van der Waals surface area contributed by atoms with Gasteiger partial charge in [-0.3, -0.25) is 4.99 Å². The van der Waals surface area contributed by atoms with E-state index in [1.807, 2.05) is 6.92 Å². The third-order valence-electron chi connectivity index (χ3n) is 3.77. The van der Waals surface area contributed by atoms with Gasteiger partial charge < -0.3 is 4.79 Å². The van der Waals surface area contributed by atoms with E-state index in [4.69, 9.17) is 0 Å². The summed E-state index contributed by atoms with van der Waals surface area (Å²) in [7, 11) is 0. The largest absolute Gasteiger partial charge is 0.302 e. The topological polar surface area (TPSA) is 42.3 Å². The highest BCUT2D eigenvalue weighted by atomic mass is 79.9. The highest BCUT2D eigenvalue weighted by Gasteiger charge is 2.65. The van der Waals surface area contributed by atoms with Crippen molar-refractivity contribution in [3.63, 3.8) is 0 Å². The fraction of sp³-hybridized carbons (Fsp3) is 0.417. The lowest BCUT2D eigenvalue weighted by molar-refractivity contribution is -0.108. The fourth-order valence-electron chi connectivity index (χ4n) is 2.58. The SMILES string of the molecule is C[C@]1(c2cc(Br)cnc2F)N=CS[C@@]2(C=O)C[C@H]21. The second kappa shape index (κ2) is 3.87. The molecule has 6 heteroatoms. The van der Waals surface area contributed by atoms with Gasteiger partial charge in [0.15, 0.2) is 0 Å². The van der Waals surface area contributed by atoms with E-state index in [1.54, 1.807) is 11.6 Å². The number of nitrogens with zero attached hydrogens (tertiary/aromatic N) is 2. The zero-order valence-electron chi connectivity index (χ0n) is 9.56. The van der Waals surface area contributed by atoms with Crippen LogP contribution in [0.25, 0.3) is 0 Å². The van der Waals surface area contributed by atoms with Crippen molar-refractivity contribution >= 4 is 39.5 Å². The molecule has 94 valence electrons. The van der Waals surface area contributed by atoms with Crippen molar-refractivity contribution in [2.45, 2.75) is 23.6 Å². The van der Waals surface area contributed by atoms with Gasteiger partial charge in [-0.1, -0.05) is 11.8 Å². The maximum atomic E-state index is 13.9. The van der Waals surface area contributed by atoms with E-state index >= 15 is 0 Å². The van der Waals surface area contributed by atoms with Crippen molar-refractivity contribution in [2.75, 3.05) is 0 Å². The molecule has 3 atom stereocenters. The molecule has 18 heavy (non-hydrogen) atoms. The first-order valence-corrected chi connectivity index (χ1v) is 7.18. The molecule has 0 bridgehead atoms. The zero-order valence-corrected chi connectivity index (χ0v) is 12.0. The van der Waals surface area contributed by atoms with Gasteiger partial charge in [0.1, 0.15) is 6.29 Å². The molecule has 2 heterocycles. The predicted molar refractivity (Wildman–Crippen MR) is 72.2 cm³/mol. The van der Waals surface area contributed by atoms with Crippen molar-refractivity contribution in [3.05, 3.63) is 28.2 Å². The number of carbonyl (C=O) groups is 1. The molecule has 0 radical (unpaired) electrons. The normalized spacial score (nSPS) is 37.2. The van der Waals surface area contributed by atoms with Gasteiger partial charge in [-0.2, -0.15) is 4.39 Å². The summed E-state index contributed by atoms with van der Waals surface area (Å²) in [5, 5.41) is 0. The van der Waals surface area contributed by atoms with Crippen LogP contribution in [0.3, 0.4) is 0 Å². The number of halogens is 2. The number of hydrogen-bond acceptors (Lipinski definition) is 4. The Morgan fingerprint density at radius 2 is 2.44 bits per heavy atom. The third kappa shape index (κ3) is 1.58. The number of hydrogen-bond donors (Lipinski definition) is 0. The van der Waals surface area contributed by atoms with Gasteiger partial charge >= 0.3 is 0 Å². The number of aliphatic imine (C=N–C) groups is 1. The van der Waals surface area contributed by atoms with Crippen LogP contribution < -0.4 is 0 Å². The summed E-state index contributed by atoms with van der Waals surface area (Å²) >= 11 is 4.73. The first kappa shape index (κ1) is 12.3. The van der Waals surface area contributed by atoms with Crippen LogP contribution in [-0.2, 0) is 10.3 Å². The van der Waals surface area contributed by atoms with E-state index in [0.29, 0.717) is 10.0 Å². The smallest absolute Gasteiger partial charge is 0.218 e. The molecule has 0 N–H and O–H groups in total. The van der Waals surface area contributed by atoms with Crippen LogP contribution in [0, 0.1) is 11.9 Å². The highest BCUT2D eigenvalue weighted by molar-refractivity contribution is 9.10. The molecule has 1 aromatic heterocycles. The van der Waals surface area contributed by atoms with E-state index in [1.165, 1.54) is 18.0 Å².